The number of rotatable bonds is 2. The van der Waals surface area contributed by atoms with Gasteiger partial charge in [0.05, 0.1) is 7.11 Å². The summed E-state index contributed by atoms with van der Waals surface area (Å²) in [6.45, 7) is 1.47. The molecule has 5 heteroatoms. The van der Waals surface area contributed by atoms with E-state index in [-0.39, 0.29) is 0 Å². The molecular weight excluding hydrogens is 269 g/mol. The highest BCUT2D eigenvalue weighted by molar-refractivity contribution is 14.1. The fourth-order valence-electron chi connectivity index (χ4n) is 0.445. The normalized spacial score (nSPS) is 13.0. The molecule has 0 radical (unpaired) electrons. The fourth-order valence-corrected chi connectivity index (χ4v) is 0.836. The topological polar surface area (TPSA) is 26.3 Å². The molecule has 0 aromatic rings. The average molecular weight is 276 g/mol. The van der Waals surface area contributed by atoms with Crippen molar-refractivity contribution < 1.29 is 18.3 Å². The van der Waals surface area contributed by atoms with Crippen LogP contribution in [-0.2, 0) is 9.53 Å². The van der Waals surface area contributed by atoms with Gasteiger partial charge in [-0.25, -0.2) is 4.79 Å². The molecule has 0 aliphatic rings. The summed E-state index contributed by atoms with van der Waals surface area (Å²) < 4.78 is 29.2. The first kappa shape index (κ1) is 10.8. The highest BCUT2D eigenvalue weighted by atomic mass is 127. The number of esters is 1. The van der Waals surface area contributed by atoms with Crippen LogP contribution in [-0.4, -0.2) is 19.0 Å². The zero-order chi connectivity index (χ0) is 9.07. The Bertz CT molecular complexity index is 185. The van der Waals surface area contributed by atoms with E-state index in [1.54, 1.807) is 22.6 Å². The van der Waals surface area contributed by atoms with Crippen molar-refractivity contribution in [3.63, 3.8) is 0 Å². The molecule has 0 aromatic heterocycles. The van der Waals surface area contributed by atoms with Gasteiger partial charge in [0, 0.05) is 6.08 Å². The number of ether oxygens (including phenoxy) is 1. The van der Waals surface area contributed by atoms with E-state index in [0.717, 1.165) is 7.11 Å². The molecule has 0 fully saturated rings. The highest BCUT2D eigenvalue weighted by Crippen LogP contribution is 2.21. The van der Waals surface area contributed by atoms with E-state index < -0.39 is 11.9 Å². The van der Waals surface area contributed by atoms with E-state index in [1.807, 2.05) is 0 Å². The summed E-state index contributed by atoms with van der Waals surface area (Å²) >= 11 is 1.69. The van der Waals surface area contributed by atoms with E-state index in [0.29, 0.717) is 9.66 Å². The van der Waals surface area contributed by atoms with Crippen LogP contribution < -0.4 is 0 Å². The van der Waals surface area contributed by atoms with Gasteiger partial charge in [-0.3, -0.25) is 0 Å². The summed E-state index contributed by atoms with van der Waals surface area (Å²) in [6, 6.07) is 0. The fraction of sp³-hybridized carbons (Fsp3) is 0.500. The summed E-state index contributed by atoms with van der Waals surface area (Å²) in [5.41, 5.74) is 0. The second kappa shape index (κ2) is 3.99. The van der Waals surface area contributed by atoms with Crippen LogP contribution in [0, 0.1) is 0 Å². The minimum Gasteiger partial charge on any atom is -0.464 e. The molecule has 0 bridgehead atoms. The van der Waals surface area contributed by atoms with Crippen LogP contribution in [0.2, 0.25) is 0 Å². The molecule has 0 heterocycles. The monoisotopic (exact) mass is 276 g/mol. The van der Waals surface area contributed by atoms with Crippen molar-refractivity contribution in [1.82, 2.24) is 0 Å². The largest absolute Gasteiger partial charge is 0.464 e. The highest BCUT2D eigenvalue weighted by Gasteiger charge is 2.37. The molecule has 0 aliphatic carbocycles. The second-order valence-corrected chi connectivity index (χ2v) is 3.55. The lowest BCUT2D eigenvalue weighted by Crippen LogP contribution is -2.27. The Morgan fingerprint density at radius 2 is 2.09 bits per heavy atom. The molecule has 0 amide bonds. The lowest BCUT2D eigenvalue weighted by atomic mass is 10.3. The number of allylic oxidation sites excluding steroid dienone is 1. The van der Waals surface area contributed by atoms with E-state index in [4.69, 9.17) is 0 Å². The van der Waals surface area contributed by atoms with Gasteiger partial charge in [-0.1, -0.05) is 0 Å². The maximum absolute atomic E-state index is 12.5. The molecule has 0 saturated heterocycles. The van der Waals surface area contributed by atoms with E-state index in [9.17, 15) is 13.6 Å². The molecule has 0 N–H and O–H groups in total. The molecule has 11 heavy (non-hydrogen) atoms. The number of alkyl halides is 2. The van der Waals surface area contributed by atoms with Crippen LogP contribution in [0.15, 0.2) is 9.66 Å². The zero-order valence-corrected chi connectivity index (χ0v) is 8.19. The second-order valence-electron chi connectivity index (χ2n) is 1.85. The summed E-state index contributed by atoms with van der Waals surface area (Å²) in [5, 5.41) is 0. The van der Waals surface area contributed by atoms with Crippen LogP contribution in [0.4, 0.5) is 8.78 Å². The van der Waals surface area contributed by atoms with E-state index >= 15 is 0 Å². The Labute approximate surface area is 76.7 Å². The van der Waals surface area contributed by atoms with Gasteiger partial charge in [0.1, 0.15) is 0 Å². The Morgan fingerprint density at radius 3 is 2.36 bits per heavy atom. The van der Waals surface area contributed by atoms with Gasteiger partial charge in [-0.2, -0.15) is 8.78 Å². The lowest BCUT2D eigenvalue weighted by molar-refractivity contribution is -0.161. The van der Waals surface area contributed by atoms with Gasteiger partial charge in [-0.15, -0.1) is 0 Å². The predicted molar refractivity (Wildman–Crippen MR) is 44.7 cm³/mol. The van der Waals surface area contributed by atoms with Gasteiger partial charge in [-0.05, 0) is 33.1 Å². The van der Waals surface area contributed by atoms with Crippen molar-refractivity contribution in [2.45, 2.75) is 12.8 Å². The van der Waals surface area contributed by atoms with Crippen molar-refractivity contribution in [2.75, 3.05) is 7.11 Å². The Morgan fingerprint density at radius 1 is 1.64 bits per heavy atom. The zero-order valence-electron chi connectivity index (χ0n) is 6.03. The molecule has 0 aromatic carbocycles. The maximum atomic E-state index is 12.5. The minimum absolute atomic E-state index is 0.345. The first-order valence-corrected chi connectivity index (χ1v) is 3.79. The van der Waals surface area contributed by atoms with Crippen LogP contribution >= 0.6 is 22.6 Å². The van der Waals surface area contributed by atoms with E-state index in [2.05, 4.69) is 4.74 Å². The van der Waals surface area contributed by atoms with E-state index in [1.165, 1.54) is 6.92 Å². The molecule has 0 spiro atoms. The van der Waals surface area contributed by atoms with Crippen LogP contribution in [0.1, 0.15) is 6.92 Å². The third-order valence-electron chi connectivity index (χ3n) is 0.838. The molecular formula is C6H7F2IO2. The summed E-state index contributed by atoms with van der Waals surface area (Å²) in [7, 11) is 0.923. The average Bonchev–Trinajstić information content (AvgIpc) is 1.83. The Hall–Kier alpha value is -0.200. The quantitative estimate of drug-likeness (QED) is 0.570. The van der Waals surface area contributed by atoms with Crippen molar-refractivity contribution in [3.8, 4) is 0 Å². The van der Waals surface area contributed by atoms with Crippen molar-refractivity contribution >= 4 is 28.6 Å². The third kappa shape index (κ3) is 3.64. The SMILES string of the molecule is COC(=O)C(F)(F)C=C(C)I. The summed E-state index contributed by atoms with van der Waals surface area (Å²) in [6.07, 6.45) is 0.555. The van der Waals surface area contributed by atoms with Crippen LogP contribution in [0.3, 0.4) is 0 Å². The van der Waals surface area contributed by atoms with Crippen LogP contribution in [0.5, 0.6) is 0 Å². The summed E-state index contributed by atoms with van der Waals surface area (Å²) in [5.74, 6) is -5.03. The van der Waals surface area contributed by atoms with Crippen molar-refractivity contribution in [3.05, 3.63) is 9.66 Å². The smallest absolute Gasteiger partial charge is 0.381 e. The standard InChI is InChI=1S/C6H7F2IO2/c1-4(9)3-6(7,8)5(10)11-2/h3H,1-2H3. The molecule has 2 nitrogen and oxygen atoms in total. The molecule has 0 aliphatic heterocycles. The molecule has 64 valence electrons. The maximum Gasteiger partial charge on any atom is 0.381 e. The van der Waals surface area contributed by atoms with Gasteiger partial charge in [0.25, 0.3) is 0 Å². The number of carbonyl (C=O) groups is 1. The van der Waals surface area contributed by atoms with Gasteiger partial charge >= 0.3 is 11.9 Å². The van der Waals surface area contributed by atoms with Gasteiger partial charge in [0.2, 0.25) is 0 Å². The van der Waals surface area contributed by atoms with Crippen molar-refractivity contribution in [1.29, 1.82) is 0 Å². The number of hydrogen-bond donors (Lipinski definition) is 0. The molecule has 0 unspecified atom stereocenters. The van der Waals surface area contributed by atoms with Gasteiger partial charge < -0.3 is 4.74 Å². The predicted octanol–water partition coefficient (Wildman–Crippen LogP) is 2.13. The summed E-state index contributed by atoms with van der Waals surface area (Å²) in [4.78, 5) is 10.3. The Balaban J connectivity index is 4.46. The van der Waals surface area contributed by atoms with Crippen molar-refractivity contribution in [2.24, 2.45) is 0 Å². The molecule has 0 saturated carbocycles. The third-order valence-corrected chi connectivity index (χ3v) is 1.15. The first-order valence-electron chi connectivity index (χ1n) is 2.71. The first-order chi connectivity index (χ1) is 4.90. The number of hydrogen-bond acceptors (Lipinski definition) is 2. The van der Waals surface area contributed by atoms with Gasteiger partial charge in [0.15, 0.2) is 0 Å². The number of halogens is 3. The minimum atomic E-state index is -3.50. The molecule has 0 atom stereocenters. The molecule has 0 rings (SSSR count). The Kier molecular flexibility index (Phi) is 3.91. The lowest BCUT2D eigenvalue weighted by Gasteiger charge is -2.07. The number of carbonyl (C=O) groups excluding carboxylic acids is 1. The van der Waals surface area contributed by atoms with Crippen LogP contribution in [0.25, 0.3) is 0 Å². The number of methoxy groups -OCH3 is 1.